The lowest BCUT2D eigenvalue weighted by Gasteiger charge is -2.17. The van der Waals surface area contributed by atoms with Crippen molar-refractivity contribution in [3.8, 4) is 17.2 Å². The van der Waals surface area contributed by atoms with E-state index in [1.54, 1.807) is 39.5 Å². The van der Waals surface area contributed by atoms with Crippen molar-refractivity contribution in [2.24, 2.45) is 0 Å². The lowest BCUT2D eigenvalue weighted by atomic mass is 10.2. The minimum absolute atomic E-state index is 0.0977. The lowest BCUT2D eigenvalue weighted by molar-refractivity contribution is -0.115. The van der Waals surface area contributed by atoms with Gasteiger partial charge in [0.25, 0.3) is 0 Å². The molecule has 3 rings (SSSR count). The fraction of sp³-hybridized carbons (Fsp3) is 0.231. The van der Waals surface area contributed by atoms with Crippen molar-refractivity contribution >= 4 is 52.1 Å². The van der Waals surface area contributed by atoms with Crippen molar-refractivity contribution in [3.05, 3.63) is 66.7 Å². The first-order valence-electron chi connectivity index (χ1n) is 11.0. The number of benzene rings is 3. The Bertz CT molecular complexity index is 1150. The molecule has 0 bridgehead atoms. The predicted octanol–water partition coefficient (Wildman–Crippen LogP) is 6.03. The Labute approximate surface area is 215 Å². The summed E-state index contributed by atoms with van der Waals surface area (Å²) in [5.74, 6) is 1.82. The average Bonchev–Trinajstić information content (AvgIpc) is 2.87. The van der Waals surface area contributed by atoms with E-state index < -0.39 is 0 Å². The van der Waals surface area contributed by atoms with E-state index in [-0.39, 0.29) is 11.2 Å². The molecular weight excluding hydrogens is 482 g/mol. The number of carbonyl (C=O) groups excluding carboxylic acids is 1. The lowest BCUT2D eigenvalue weighted by Crippen LogP contribution is -2.24. The molecule has 0 saturated heterocycles. The first kappa shape index (κ1) is 26.2. The molecule has 0 heterocycles. The van der Waals surface area contributed by atoms with Crippen molar-refractivity contribution < 1.29 is 19.0 Å². The molecule has 3 aromatic carbocycles. The summed E-state index contributed by atoms with van der Waals surface area (Å²) in [7, 11) is 4.76. The zero-order valence-corrected chi connectivity index (χ0v) is 21.7. The Hall–Kier alpha value is -3.43. The molecule has 3 N–H and O–H groups in total. The van der Waals surface area contributed by atoms with Crippen LogP contribution in [0.5, 0.6) is 17.2 Å². The molecule has 184 valence electrons. The number of ether oxygens (including phenoxy) is 3. The summed E-state index contributed by atoms with van der Waals surface area (Å²) >= 11 is 6.95. The highest BCUT2D eigenvalue weighted by Crippen LogP contribution is 2.31. The quantitative estimate of drug-likeness (QED) is 0.225. The van der Waals surface area contributed by atoms with Gasteiger partial charge in [-0.15, -0.1) is 11.8 Å². The molecule has 0 aliphatic heterocycles. The number of nitrogens with one attached hydrogen (secondary N) is 3. The molecule has 0 radical (unpaired) electrons. The molecule has 0 saturated carbocycles. The fourth-order valence-corrected chi connectivity index (χ4v) is 4.51. The molecule has 0 aliphatic carbocycles. The standard InChI is InChI=1S/C26H29N3O4S2/c1-5-24(25(30)27-18-13-19(31-2)16-20(14-18)32-3)35-21-10-8-9-17(15-21)28-26(34)29-22-11-6-7-12-23(22)33-4/h6-16,24H,5H2,1-4H3,(H,27,30)(H2,28,29,34). The second-order valence-corrected chi connectivity index (χ2v) is 9.10. The molecule has 0 aliphatic rings. The Balaban J connectivity index is 1.65. The van der Waals surface area contributed by atoms with E-state index in [2.05, 4.69) is 16.0 Å². The van der Waals surface area contributed by atoms with Gasteiger partial charge in [0, 0.05) is 34.5 Å². The Morgan fingerprint density at radius 2 is 1.57 bits per heavy atom. The van der Waals surface area contributed by atoms with Crippen LogP contribution in [0.2, 0.25) is 0 Å². The van der Waals surface area contributed by atoms with E-state index in [0.29, 0.717) is 34.5 Å². The number of para-hydroxylation sites is 2. The van der Waals surface area contributed by atoms with Crippen LogP contribution in [0.3, 0.4) is 0 Å². The first-order valence-corrected chi connectivity index (χ1v) is 12.3. The largest absolute Gasteiger partial charge is 0.497 e. The fourth-order valence-electron chi connectivity index (χ4n) is 3.27. The number of thioether (sulfide) groups is 1. The van der Waals surface area contributed by atoms with Crippen LogP contribution in [-0.4, -0.2) is 37.6 Å². The van der Waals surface area contributed by atoms with Crippen molar-refractivity contribution in [3.63, 3.8) is 0 Å². The first-order chi connectivity index (χ1) is 16.9. The number of thiocarbonyl (C=S) groups is 1. The number of hydrogen-bond donors (Lipinski definition) is 3. The maximum absolute atomic E-state index is 13.0. The smallest absolute Gasteiger partial charge is 0.237 e. The van der Waals surface area contributed by atoms with Crippen LogP contribution in [0.1, 0.15) is 13.3 Å². The van der Waals surface area contributed by atoms with Crippen LogP contribution in [-0.2, 0) is 4.79 Å². The average molecular weight is 512 g/mol. The van der Waals surface area contributed by atoms with E-state index >= 15 is 0 Å². The zero-order chi connectivity index (χ0) is 25.2. The van der Waals surface area contributed by atoms with E-state index in [1.165, 1.54) is 11.8 Å². The maximum Gasteiger partial charge on any atom is 0.237 e. The second-order valence-electron chi connectivity index (χ2n) is 7.41. The van der Waals surface area contributed by atoms with Crippen LogP contribution in [0.25, 0.3) is 0 Å². The zero-order valence-electron chi connectivity index (χ0n) is 20.1. The van der Waals surface area contributed by atoms with E-state index in [9.17, 15) is 4.79 Å². The number of hydrogen-bond acceptors (Lipinski definition) is 6. The Kier molecular flexibility index (Phi) is 9.63. The van der Waals surface area contributed by atoms with Crippen molar-refractivity contribution in [2.75, 3.05) is 37.3 Å². The van der Waals surface area contributed by atoms with Gasteiger partial charge in [-0.25, -0.2) is 0 Å². The van der Waals surface area contributed by atoms with Gasteiger partial charge in [0.15, 0.2) is 5.11 Å². The highest BCUT2D eigenvalue weighted by molar-refractivity contribution is 8.00. The molecular formula is C26H29N3O4S2. The highest BCUT2D eigenvalue weighted by atomic mass is 32.2. The monoisotopic (exact) mass is 511 g/mol. The molecule has 1 amide bonds. The molecule has 0 fully saturated rings. The molecule has 0 spiro atoms. The number of carbonyl (C=O) groups is 1. The summed E-state index contributed by atoms with van der Waals surface area (Å²) in [6.45, 7) is 1.98. The molecule has 1 unspecified atom stereocenters. The van der Waals surface area contributed by atoms with Gasteiger partial charge in [-0.05, 0) is 49.0 Å². The van der Waals surface area contributed by atoms with Gasteiger partial charge in [-0.1, -0.05) is 25.1 Å². The van der Waals surface area contributed by atoms with Crippen LogP contribution in [0, 0.1) is 0 Å². The van der Waals surface area contributed by atoms with Gasteiger partial charge in [0.05, 0.1) is 32.3 Å². The van der Waals surface area contributed by atoms with Gasteiger partial charge in [-0.2, -0.15) is 0 Å². The topological polar surface area (TPSA) is 80.9 Å². The molecule has 9 heteroatoms. The third-order valence-electron chi connectivity index (χ3n) is 5.01. The maximum atomic E-state index is 13.0. The summed E-state index contributed by atoms with van der Waals surface area (Å²) in [6, 6.07) is 20.6. The number of amides is 1. The summed E-state index contributed by atoms with van der Waals surface area (Å²) in [6.07, 6.45) is 0.656. The summed E-state index contributed by atoms with van der Waals surface area (Å²) < 4.78 is 15.9. The summed E-state index contributed by atoms with van der Waals surface area (Å²) in [5, 5.41) is 9.46. The van der Waals surface area contributed by atoms with E-state index in [0.717, 1.165) is 16.3 Å². The van der Waals surface area contributed by atoms with E-state index in [1.807, 2.05) is 55.5 Å². The van der Waals surface area contributed by atoms with Crippen molar-refractivity contribution in [1.29, 1.82) is 0 Å². The van der Waals surface area contributed by atoms with Crippen molar-refractivity contribution in [1.82, 2.24) is 0 Å². The van der Waals surface area contributed by atoms with Crippen LogP contribution in [0.4, 0.5) is 17.1 Å². The normalized spacial score (nSPS) is 11.2. The van der Waals surface area contributed by atoms with Gasteiger partial charge in [-0.3, -0.25) is 4.79 Å². The van der Waals surface area contributed by atoms with Gasteiger partial charge in [0.2, 0.25) is 5.91 Å². The van der Waals surface area contributed by atoms with Crippen LogP contribution in [0.15, 0.2) is 71.6 Å². The van der Waals surface area contributed by atoms with E-state index in [4.69, 9.17) is 26.4 Å². The summed E-state index contributed by atoms with van der Waals surface area (Å²) in [5.41, 5.74) is 2.21. The third-order valence-corrected chi connectivity index (χ3v) is 6.57. The minimum atomic E-state index is -0.291. The number of anilines is 3. The Morgan fingerprint density at radius 3 is 2.23 bits per heavy atom. The molecule has 7 nitrogen and oxygen atoms in total. The Morgan fingerprint density at radius 1 is 0.857 bits per heavy atom. The SMILES string of the molecule is CCC(Sc1cccc(NC(=S)Nc2ccccc2OC)c1)C(=O)Nc1cc(OC)cc(OC)c1. The third kappa shape index (κ3) is 7.53. The molecule has 35 heavy (non-hydrogen) atoms. The predicted molar refractivity (Wildman–Crippen MR) is 147 cm³/mol. The van der Waals surface area contributed by atoms with Crippen LogP contribution >= 0.6 is 24.0 Å². The number of methoxy groups -OCH3 is 3. The van der Waals surface area contributed by atoms with Crippen LogP contribution < -0.4 is 30.2 Å². The summed E-state index contributed by atoms with van der Waals surface area (Å²) in [4.78, 5) is 13.9. The second kappa shape index (κ2) is 12.9. The van der Waals surface area contributed by atoms with Gasteiger partial charge in [0.1, 0.15) is 17.2 Å². The van der Waals surface area contributed by atoms with Gasteiger partial charge < -0.3 is 30.2 Å². The van der Waals surface area contributed by atoms with Crippen molar-refractivity contribution in [2.45, 2.75) is 23.5 Å². The molecule has 3 aromatic rings. The highest BCUT2D eigenvalue weighted by Gasteiger charge is 2.19. The minimum Gasteiger partial charge on any atom is -0.497 e. The van der Waals surface area contributed by atoms with Gasteiger partial charge >= 0.3 is 0 Å². The molecule has 1 atom stereocenters. The number of rotatable bonds is 10. The molecule has 0 aromatic heterocycles.